The first-order chi connectivity index (χ1) is 12.3. The molecule has 1 N–H and O–H groups in total. The fourth-order valence-electron chi connectivity index (χ4n) is 2.17. The van der Waals surface area contributed by atoms with Gasteiger partial charge in [-0.2, -0.15) is 8.42 Å². The van der Waals surface area contributed by atoms with E-state index in [1.807, 2.05) is 0 Å². The van der Waals surface area contributed by atoms with Crippen molar-refractivity contribution < 1.29 is 44.1 Å². The van der Waals surface area contributed by atoms with Gasteiger partial charge in [-0.05, 0) is 49.7 Å². The first kappa shape index (κ1) is 23.4. The molecule has 2 rings (SSSR count). The van der Waals surface area contributed by atoms with Gasteiger partial charge in [0.2, 0.25) is 0 Å². The summed E-state index contributed by atoms with van der Waals surface area (Å²) in [6, 6.07) is 3.38. The Balaban J connectivity index is 0.000000337. The van der Waals surface area contributed by atoms with Crippen LogP contribution in [-0.2, 0) is 20.0 Å². The Labute approximate surface area is 159 Å². The van der Waals surface area contributed by atoms with Gasteiger partial charge in [-0.25, -0.2) is 8.42 Å². The summed E-state index contributed by atoms with van der Waals surface area (Å²) < 4.78 is 90.6. The number of sulfone groups is 1. The second kappa shape index (κ2) is 9.06. The maximum atomic E-state index is 11.9. The molecule has 0 aliphatic heterocycles. The fourth-order valence-corrected chi connectivity index (χ4v) is 4.22. The lowest BCUT2D eigenvalue weighted by Gasteiger charge is -2.08. The predicted molar refractivity (Wildman–Crippen MR) is 91.7 cm³/mol. The molecule has 0 atom stereocenters. The van der Waals surface area contributed by atoms with Gasteiger partial charge < -0.3 is 10.3 Å². The van der Waals surface area contributed by atoms with Gasteiger partial charge in [0, 0.05) is 0 Å². The lowest BCUT2D eigenvalue weighted by molar-refractivity contribution is -0.274. The van der Waals surface area contributed by atoms with Gasteiger partial charge in [0.25, 0.3) is 20.0 Å². The molecule has 0 saturated heterocycles. The highest BCUT2D eigenvalue weighted by Crippen LogP contribution is 2.25. The van der Waals surface area contributed by atoms with E-state index < -0.39 is 41.7 Å². The van der Waals surface area contributed by atoms with Crippen LogP contribution in [0.25, 0.3) is 5.53 Å². The minimum absolute atomic E-state index is 0.375. The molecule has 8 nitrogen and oxygen atoms in total. The lowest BCUT2D eigenvalue weighted by atomic mass is 10.3. The van der Waals surface area contributed by atoms with E-state index in [2.05, 4.69) is 22.2 Å². The van der Waals surface area contributed by atoms with Crippen molar-refractivity contribution in [2.24, 2.45) is 0 Å². The van der Waals surface area contributed by atoms with Crippen molar-refractivity contribution in [2.75, 3.05) is 0 Å². The molecule has 0 bridgehead atoms. The molecule has 0 heterocycles. The highest BCUT2D eigenvalue weighted by Gasteiger charge is 2.32. The molecule has 0 unspecified atom stereocenters. The van der Waals surface area contributed by atoms with Gasteiger partial charge in [-0.1, -0.05) is 12.8 Å². The first-order valence-electron chi connectivity index (χ1n) is 7.25. The maximum Gasteiger partial charge on any atom is 0.573 e. The number of thiol groups is 1. The molecule has 1 aromatic rings. The van der Waals surface area contributed by atoms with Crippen LogP contribution in [0.3, 0.4) is 0 Å². The summed E-state index contributed by atoms with van der Waals surface area (Å²) in [5, 5.41) is -0.461. The monoisotopic (exact) mass is 448 g/mol. The van der Waals surface area contributed by atoms with E-state index in [0.29, 0.717) is 12.8 Å². The number of nitrogens with zero attached hydrogens (tertiary/aromatic N) is 2. The SMILES string of the molecule is O=S(=O)(O)C1CCCC1.[N-]=[N+]=C(S)S(=O)(=O)c1ccc(OC(F)(F)F)cc1. The first-order valence-corrected chi connectivity index (χ1v) is 10.7. The Bertz CT molecular complexity index is 902. The predicted octanol–water partition coefficient (Wildman–Crippen LogP) is 2.69. The highest BCUT2D eigenvalue weighted by atomic mass is 32.2. The molecule has 1 aromatic carbocycles. The number of alkyl halides is 3. The van der Waals surface area contributed by atoms with Crippen LogP contribution in [0.15, 0.2) is 29.2 Å². The molecule has 1 aliphatic carbocycles. The van der Waals surface area contributed by atoms with Crippen LogP contribution in [-0.4, -0.2) is 42.2 Å². The number of hydrogen-bond acceptors (Lipinski definition) is 5. The summed E-state index contributed by atoms with van der Waals surface area (Å²) in [7, 11) is -7.82. The van der Waals surface area contributed by atoms with E-state index in [-0.39, 0.29) is 4.90 Å². The molecule has 14 heteroatoms. The highest BCUT2D eigenvalue weighted by molar-refractivity contribution is 8.27. The van der Waals surface area contributed by atoms with E-state index in [0.717, 1.165) is 37.1 Å². The number of benzene rings is 1. The third-order valence-electron chi connectivity index (χ3n) is 3.42. The number of rotatable bonds is 3. The summed E-state index contributed by atoms with van der Waals surface area (Å²) in [5.41, 5.74) is 8.30. The normalized spacial score (nSPS) is 15.4. The van der Waals surface area contributed by atoms with Crippen LogP contribution in [0, 0.1) is 0 Å². The molecule has 0 spiro atoms. The van der Waals surface area contributed by atoms with E-state index in [1.165, 1.54) is 0 Å². The smallest absolute Gasteiger partial charge is 0.406 e. The molecule has 1 fully saturated rings. The molecule has 0 aromatic heterocycles. The molecule has 1 saturated carbocycles. The fraction of sp³-hybridized carbons (Fsp3) is 0.462. The third kappa shape index (κ3) is 7.50. The standard InChI is InChI=1S/C8H5F3N2O3S2.C5H10O3S/c9-8(10,11)16-5-1-3-6(4-2-5)18(14,15)7(17)13-12;6-9(7,8)5-3-1-2-4-5/h1-4,17H;5H,1-4H2,(H,6,7,8). The summed E-state index contributed by atoms with van der Waals surface area (Å²) in [6.45, 7) is 0. The van der Waals surface area contributed by atoms with Crippen molar-refractivity contribution >= 4 is 37.0 Å². The van der Waals surface area contributed by atoms with Gasteiger partial charge in [0.1, 0.15) is 5.75 Å². The van der Waals surface area contributed by atoms with Crippen LogP contribution in [0.4, 0.5) is 13.2 Å². The summed E-state index contributed by atoms with van der Waals surface area (Å²) in [5.74, 6) is -0.567. The van der Waals surface area contributed by atoms with E-state index in [4.69, 9.17) is 10.1 Å². The quantitative estimate of drug-likeness (QED) is 0.182. The van der Waals surface area contributed by atoms with Crippen LogP contribution in [0.5, 0.6) is 5.75 Å². The van der Waals surface area contributed by atoms with Crippen molar-refractivity contribution in [1.29, 1.82) is 0 Å². The van der Waals surface area contributed by atoms with Crippen molar-refractivity contribution in [2.45, 2.75) is 42.2 Å². The Kier molecular flexibility index (Phi) is 7.87. The zero-order valence-electron chi connectivity index (χ0n) is 13.5. The Morgan fingerprint density at radius 2 is 1.63 bits per heavy atom. The molecule has 0 radical (unpaired) electrons. The molecule has 27 heavy (non-hydrogen) atoms. The van der Waals surface area contributed by atoms with Crippen LogP contribution in [0.1, 0.15) is 25.7 Å². The van der Waals surface area contributed by atoms with Crippen LogP contribution in [0.2, 0.25) is 0 Å². The summed E-state index contributed by atoms with van der Waals surface area (Å²) in [6.07, 6.45) is -1.71. The molecular weight excluding hydrogens is 433 g/mol. The summed E-state index contributed by atoms with van der Waals surface area (Å²) in [4.78, 5) is 2.02. The maximum absolute atomic E-state index is 11.9. The van der Waals surface area contributed by atoms with Gasteiger partial charge in [0.05, 0.1) is 10.1 Å². The topological polar surface area (TPSA) is 134 Å². The van der Waals surface area contributed by atoms with Crippen LogP contribution >= 0.6 is 12.6 Å². The van der Waals surface area contributed by atoms with E-state index in [1.54, 1.807) is 0 Å². The van der Waals surface area contributed by atoms with E-state index in [9.17, 15) is 30.0 Å². The van der Waals surface area contributed by atoms with Crippen molar-refractivity contribution in [3.8, 4) is 5.75 Å². The molecule has 1 aliphatic rings. The molecule has 152 valence electrons. The van der Waals surface area contributed by atoms with Gasteiger partial charge in [-0.3, -0.25) is 4.55 Å². The average molecular weight is 448 g/mol. The second-order valence-electron chi connectivity index (χ2n) is 5.33. The minimum atomic E-state index is -4.86. The lowest BCUT2D eigenvalue weighted by Crippen LogP contribution is -2.17. The second-order valence-corrected chi connectivity index (χ2v) is 9.61. The number of ether oxygens (including phenoxy) is 1. The van der Waals surface area contributed by atoms with Crippen LogP contribution < -0.4 is 4.74 Å². The van der Waals surface area contributed by atoms with Gasteiger partial charge >= 0.3 is 10.7 Å². The van der Waals surface area contributed by atoms with Crippen molar-refractivity contribution in [3.05, 3.63) is 29.8 Å². The van der Waals surface area contributed by atoms with E-state index >= 15 is 0 Å². The zero-order chi connectivity index (χ0) is 20.9. The van der Waals surface area contributed by atoms with Crippen molar-refractivity contribution in [3.63, 3.8) is 0 Å². The largest absolute Gasteiger partial charge is 0.573 e. The van der Waals surface area contributed by atoms with Gasteiger partial charge in [-0.15, -0.1) is 18.0 Å². The average Bonchev–Trinajstić information content (AvgIpc) is 3.08. The Hall–Kier alpha value is -1.60. The third-order valence-corrected chi connectivity index (χ3v) is 7.00. The minimum Gasteiger partial charge on any atom is -0.406 e. The molecular formula is C13H15F3N2O6S3. The van der Waals surface area contributed by atoms with Crippen molar-refractivity contribution in [1.82, 2.24) is 0 Å². The number of halogens is 3. The Morgan fingerprint density at radius 3 is 1.96 bits per heavy atom. The zero-order valence-corrected chi connectivity index (χ0v) is 16.0. The molecule has 0 amide bonds. The summed E-state index contributed by atoms with van der Waals surface area (Å²) >= 11 is 3.42. The Morgan fingerprint density at radius 1 is 1.15 bits per heavy atom. The number of hydrogen-bond donors (Lipinski definition) is 2. The van der Waals surface area contributed by atoms with Gasteiger partial charge in [0.15, 0.2) is 0 Å².